The zero-order chi connectivity index (χ0) is 17.8. The van der Waals surface area contributed by atoms with Crippen LogP contribution in [0.5, 0.6) is 5.75 Å². The van der Waals surface area contributed by atoms with E-state index >= 15 is 0 Å². The van der Waals surface area contributed by atoms with Crippen LogP contribution in [0.3, 0.4) is 0 Å². The molecule has 0 radical (unpaired) electrons. The molecule has 3 aromatic rings. The summed E-state index contributed by atoms with van der Waals surface area (Å²) >= 11 is 1.48. The second-order valence-corrected chi connectivity index (χ2v) is 7.36. The van der Waals surface area contributed by atoms with E-state index in [9.17, 15) is 0 Å². The van der Waals surface area contributed by atoms with Gasteiger partial charge in [-0.25, -0.2) is 0 Å². The first kappa shape index (κ1) is 17.1. The van der Waals surface area contributed by atoms with Crippen molar-refractivity contribution in [3.63, 3.8) is 0 Å². The van der Waals surface area contributed by atoms with Gasteiger partial charge < -0.3 is 13.7 Å². The molecular weight excluding hydrogens is 350 g/mol. The van der Waals surface area contributed by atoms with Crippen LogP contribution in [0.4, 0.5) is 0 Å². The van der Waals surface area contributed by atoms with Crippen LogP contribution in [0.1, 0.15) is 49.7 Å². The second kappa shape index (κ2) is 7.95. The van der Waals surface area contributed by atoms with Gasteiger partial charge in [-0.3, -0.25) is 0 Å². The molecule has 1 aromatic carbocycles. The lowest BCUT2D eigenvalue weighted by atomic mass is 9.89. The zero-order valence-electron chi connectivity index (χ0n) is 14.7. The predicted octanol–water partition coefficient (Wildman–Crippen LogP) is 5.07. The fraction of sp³-hybridized carbons (Fsp3) is 0.421. The molecule has 2 heterocycles. The Morgan fingerprint density at radius 3 is 2.69 bits per heavy atom. The van der Waals surface area contributed by atoms with Gasteiger partial charge in [-0.15, -0.1) is 10.2 Å². The highest BCUT2D eigenvalue weighted by molar-refractivity contribution is 7.98. The number of aromatic nitrogens is 3. The number of hydrogen-bond donors (Lipinski definition) is 0. The molecule has 1 aliphatic rings. The Morgan fingerprint density at radius 2 is 1.92 bits per heavy atom. The van der Waals surface area contributed by atoms with Gasteiger partial charge in [-0.05, 0) is 37.1 Å². The topological polar surface area (TPSA) is 74.2 Å². The number of nitrogens with zero attached hydrogens (tertiary/aromatic N) is 3. The largest absolute Gasteiger partial charge is 0.497 e. The van der Waals surface area contributed by atoms with Crippen LogP contribution in [0.2, 0.25) is 0 Å². The standard InChI is InChI=1S/C19H21N3O3S/c1-23-15-9-7-13(8-10-15)17-11-16(25-22-17)12-26-19-21-20-18(24-19)14-5-3-2-4-6-14/h7-11,14H,2-6,12H2,1H3. The third-order valence-corrected chi connectivity index (χ3v) is 5.50. The van der Waals surface area contributed by atoms with Gasteiger partial charge in [-0.2, -0.15) is 0 Å². The third kappa shape index (κ3) is 3.93. The van der Waals surface area contributed by atoms with E-state index in [1.807, 2.05) is 30.3 Å². The minimum atomic E-state index is 0.428. The summed E-state index contributed by atoms with van der Waals surface area (Å²) in [7, 11) is 1.65. The number of hydrogen-bond acceptors (Lipinski definition) is 7. The summed E-state index contributed by atoms with van der Waals surface area (Å²) in [5.74, 6) is 3.41. The number of thioether (sulfide) groups is 1. The number of rotatable bonds is 6. The molecule has 26 heavy (non-hydrogen) atoms. The van der Waals surface area contributed by atoms with Crippen molar-refractivity contribution < 1.29 is 13.7 Å². The molecular formula is C19H21N3O3S. The maximum atomic E-state index is 5.83. The first-order chi connectivity index (χ1) is 12.8. The third-order valence-electron chi connectivity index (χ3n) is 4.66. The number of benzene rings is 1. The first-order valence-electron chi connectivity index (χ1n) is 8.88. The van der Waals surface area contributed by atoms with Crippen LogP contribution in [0.15, 0.2) is 44.5 Å². The van der Waals surface area contributed by atoms with Crippen molar-refractivity contribution in [2.45, 2.75) is 49.0 Å². The maximum Gasteiger partial charge on any atom is 0.277 e. The summed E-state index contributed by atoms with van der Waals surface area (Å²) in [6, 6.07) is 9.67. The van der Waals surface area contributed by atoms with Crippen molar-refractivity contribution in [1.29, 1.82) is 0 Å². The molecule has 0 N–H and O–H groups in total. The minimum Gasteiger partial charge on any atom is -0.497 e. The molecule has 0 spiro atoms. The van der Waals surface area contributed by atoms with Crippen molar-refractivity contribution in [3.05, 3.63) is 42.0 Å². The smallest absolute Gasteiger partial charge is 0.277 e. The highest BCUT2D eigenvalue weighted by Gasteiger charge is 2.21. The Morgan fingerprint density at radius 1 is 1.12 bits per heavy atom. The molecule has 0 aliphatic heterocycles. The van der Waals surface area contributed by atoms with E-state index in [1.54, 1.807) is 7.11 Å². The Hall–Kier alpha value is -2.28. The molecule has 2 aromatic heterocycles. The van der Waals surface area contributed by atoms with Crippen LogP contribution in [0, 0.1) is 0 Å². The van der Waals surface area contributed by atoms with Gasteiger partial charge in [0.05, 0.1) is 12.9 Å². The molecule has 1 fully saturated rings. The average molecular weight is 371 g/mol. The molecule has 0 unspecified atom stereocenters. The lowest BCUT2D eigenvalue weighted by Crippen LogP contribution is -2.04. The molecule has 7 heteroatoms. The summed E-state index contributed by atoms with van der Waals surface area (Å²) in [6.07, 6.45) is 6.12. The van der Waals surface area contributed by atoms with E-state index < -0.39 is 0 Å². The Balaban J connectivity index is 1.36. The van der Waals surface area contributed by atoms with E-state index in [2.05, 4.69) is 15.4 Å². The summed E-state index contributed by atoms with van der Waals surface area (Å²) in [4.78, 5) is 0. The van der Waals surface area contributed by atoms with E-state index in [-0.39, 0.29) is 0 Å². The van der Waals surface area contributed by atoms with Gasteiger partial charge in [0.2, 0.25) is 5.89 Å². The molecule has 0 atom stereocenters. The average Bonchev–Trinajstić information content (AvgIpc) is 3.37. The van der Waals surface area contributed by atoms with E-state index in [1.165, 1.54) is 31.0 Å². The summed E-state index contributed by atoms with van der Waals surface area (Å²) in [5, 5.41) is 13.1. The highest BCUT2D eigenvalue weighted by Crippen LogP contribution is 2.33. The Bertz CT molecular complexity index is 838. The van der Waals surface area contributed by atoms with Gasteiger partial charge in [-0.1, -0.05) is 36.2 Å². The van der Waals surface area contributed by atoms with Crippen LogP contribution >= 0.6 is 11.8 Å². The minimum absolute atomic E-state index is 0.428. The highest BCUT2D eigenvalue weighted by atomic mass is 32.2. The Kier molecular flexibility index (Phi) is 5.24. The zero-order valence-corrected chi connectivity index (χ0v) is 15.5. The van der Waals surface area contributed by atoms with Crippen molar-refractivity contribution in [3.8, 4) is 17.0 Å². The van der Waals surface area contributed by atoms with Crippen molar-refractivity contribution in [2.24, 2.45) is 0 Å². The molecule has 0 saturated heterocycles. The predicted molar refractivity (Wildman–Crippen MR) is 98.2 cm³/mol. The number of methoxy groups -OCH3 is 1. The van der Waals surface area contributed by atoms with Crippen LogP contribution in [0.25, 0.3) is 11.3 Å². The lowest BCUT2D eigenvalue weighted by Gasteiger charge is -2.17. The van der Waals surface area contributed by atoms with Crippen molar-refractivity contribution >= 4 is 11.8 Å². The van der Waals surface area contributed by atoms with E-state index in [0.717, 1.165) is 41.5 Å². The van der Waals surface area contributed by atoms with Gasteiger partial charge in [0.25, 0.3) is 5.22 Å². The Labute approximate surface area is 156 Å². The molecule has 136 valence electrons. The van der Waals surface area contributed by atoms with Gasteiger partial charge in [0, 0.05) is 17.5 Å². The van der Waals surface area contributed by atoms with Crippen molar-refractivity contribution in [1.82, 2.24) is 15.4 Å². The summed E-state index contributed by atoms with van der Waals surface area (Å²) in [6.45, 7) is 0. The van der Waals surface area contributed by atoms with Gasteiger partial charge >= 0.3 is 0 Å². The molecule has 1 saturated carbocycles. The first-order valence-corrected chi connectivity index (χ1v) is 9.86. The number of ether oxygens (including phenoxy) is 1. The van der Waals surface area contributed by atoms with Crippen LogP contribution in [-0.4, -0.2) is 22.5 Å². The maximum absolute atomic E-state index is 5.83. The molecule has 0 amide bonds. The normalized spacial score (nSPS) is 15.3. The molecule has 6 nitrogen and oxygen atoms in total. The second-order valence-electron chi connectivity index (χ2n) is 6.44. The fourth-order valence-corrected chi connectivity index (χ4v) is 3.85. The van der Waals surface area contributed by atoms with Gasteiger partial charge in [0.1, 0.15) is 17.2 Å². The fourth-order valence-electron chi connectivity index (χ4n) is 3.20. The monoisotopic (exact) mass is 371 g/mol. The molecule has 1 aliphatic carbocycles. The molecule has 0 bridgehead atoms. The van der Waals surface area contributed by atoms with Crippen molar-refractivity contribution in [2.75, 3.05) is 7.11 Å². The quantitative estimate of drug-likeness (QED) is 0.560. The SMILES string of the molecule is COc1ccc(-c2cc(CSc3nnc(C4CCCCC4)o3)on2)cc1. The van der Waals surface area contributed by atoms with E-state index in [0.29, 0.717) is 16.9 Å². The van der Waals surface area contributed by atoms with E-state index in [4.69, 9.17) is 13.7 Å². The molecule has 4 rings (SSSR count). The van der Waals surface area contributed by atoms with Crippen LogP contribution in [-0.2, 0) is 5.75 Å². The summed E-state index contributed by atoms with van der Waals surface area (Å²) < 4.78 is 16.4. The summed E-state index contributed by atoms with van der Waals surface area (Å²) in [5.41, 5.74) is 1.79. The van der Waals surface area contributed by atoms with Crippen LogP contribution < -0.4 is 4.74 Å². The van der Waals surface area contributed by atoms with Gasteiger partial charge in [0.15, 0.2) is 0 Å². The lowest BCUT2D eigenvalue weighted by molar-refractivity contribution is 0.334.